The van der Waals surface area contributed by atoms with Gasteiger partial charge in [-0.05, 0) is 12.1 Å². The molecule has 0 radical (unpaired) electrons. The van der Waals surface area contributed by atoms with E-state index in [0.29, 0.717) is 5.82 Å². The predicted octanol–water partition coefficient (Wildman–Crippen LogP) is -0.616. The van der Waals surface area contributed by atoms with E-state index in [1.54, 1.807) is 26.2 Å². The summed E-state index contributed by atoms with van der Waals surface area (Å²) in [4.78, 5) is 22.5. The molecular formula is C10H15N5O2. The van der Waals surface area contributed by atoms with Crippen LogP contribution in [0, 0.1) is 0 Å². The molecule has 1 aromatic heterocycles. The zero-order valence-electron chi connectivity index (χ0n) is 9.78. The molecule has 3 N–H and O–H groups in total. The lowest BCUT2D eigenvalue weighted by molar-refractivity contribution is -0.120. The fraction of sp³-hybridized carbons (Fsp3) is 0.400. The van der Waals surface area contributed by atoms with E-state index in [2.05, 4.69) is 26.1 Å². The number of nitrogens with one attached hydrogen (secondary N) is 3. The van der Waals surface area contributed by atoms with Crippen LogP contribution in [-0.2, 0) is 4.79 Å². The largest absolute Gasteiger partial charge is 0.372 e. The lowest BCUT2D eigenvalue weighted by Crippen LogP contribution is -2.29. The van der Waals surface area contributed by atoms with Crippen molar-refractivity contribution in [2.24, 2.45) is 0 Å². The van der Waals surface area contributed by atoms with Crippen LogP contribution in [0.3, 0.4) is 0 Å². The maximum absolute atomic E-state index is 11.5. The van der Waals surface area contributed by atoms with Crippen LogP contribution in [0.1, 0.15) is 16.9 Å². The Bertz CT molecular complexity index is 390. The van der Waals surface area contributed by atoms with Crippen molar-refractivity contribution in [3.05, 3.63) is 17.8 Å². The second-order valence-corrected chi connectivity index (χ2v) is 3.23. The van der Waals surface area contributed by atoms with E-state index in [4.69, 9.17) is 0 Å². The molecule has 0 saturated carbocycles. The van der Waals surface area contributed by atoms with Gasteiger partial charge in [0.2, 0.25) is 5.91 Å². The van der Waals surface area contributed by atoms with Gasteiger partial charge in [0.05, 0.1) is 0 Å². The molecule has 0 bridgehead atoms. The molecule has 1 heterocycles. The summed E-state index contributed by atoms with van der Waals surface area (Å²) in [5.74, 6) is 0.123. The van der Waals surface area contributed by atoms with Crippen LogP contribution in [0.4, 0.5) is 5.82 Å². The van der Waals surface area contributed by atoms with Crippen LogP contribution in [-0.4, -0.2) is 42.7 Å². The van der Waals surface area contributed by atoms with Crippen LogP contribution in [0.5, 0.6) is 0 Å². The molecule has 0 spiro atoms. The van der Waals surface area contributed by atoms with Gasteiger partial charge in [-0.25, -0.2) is 0 Å². The van der Waals surface area contributed by atoms with E-state index in [-0.39, 0.29) is 30.5 Å². The summed E-state index contributed by atoms with van der Waals surface area (Å²) in [6.45, 7) is 0.272. The van der Waals surface area contributed by atoms with Gasteiger partial charge >= 0.3 is 0 Å². The Labute approximate surface area is 99.0 Å². The molecule has 0 aliphatic carbocycles. The van der Waals surface area contributed by atoms with Crippen LogP contribution in [0.2, 0.25) is 0 Å². The summed E-state index contributed by atoms with van der Waals surface area (Å²) in [6.07, 6.45) is 0.240. The first-order valence-electron chi connectivity index (χ1n) is 5.17. The molecule has 0 aromatic carbocycles. The molecule has 17 heavy (non-hydrogen) atoms. The number of aromatic nitrogens is 2. The smallest absolute Gasteiger partial charge is 0.271 e. The Balaban J connectivity index is 2.44. The molecule has 0 aliphatic rings. The second-order valence-electron chi connectivity index (χ2n) is 3.23. The Morgan fingerprint density at radius 1 is 1.24 bits per heavy atom. The van der Waals surface area contributed by atoms with Gasteiger partial charge in [-0.2, -0.15) is 0 Å². The summed E-state index contributed by atoms with van der Waals surface area (Å²) < 4.78 is 0. The highest BCUT2D eigenvalue weighted by Gasteiger charge is 2.07. The van der Waals surface area contributed by atoms with E-state index in [1.165, 1.54) is 0 Å². The summed E-state index contributed by atoms with van der Waals surface area (Å²) >= 11 is 0. The van der Waals surface area contributed by atoms with Crippen molar-refractivity contribution in [1.29, 1.82) is 0 Å². The highest BCUT2D eigenvalue weighted by Crippen LogP contribution is 2.00. The molecule has 7 nitrogen and oxygen atoms in total. The number of hydrogen-bond donors (Lipinski definition) is 3. The first kappa shape index (κ1) is 12.9. The van der Waals surface area contributed by atoms with Gasteiger partial charge in [0, 0.05) is 27.1 Å². The molecule has 0 saturated heterocycles. The summed E-state index contributed by atoms with van der Waals surface area (Å²) in [5.41, 5.74) is 0.223. The molecular weight excluding hydrogens is 222 g/mol. The highest BCUT2D eigenvalue weighted by atomic mass is 16.2. The normalized spacial score (nSPS) is 9.53. The lowest BCUT2D eigenvalue weighted by Gasteiger charge is -2.04. The third-order valence-corrected chi connectivity index (χ3v) is 2.07. The molecule has 0 atom stereocenters. The fourth-order valence-electron chi connectivity index (χ4n) is 1.09. The van der Waals surface area contributed by atoms with Gasteiger partial charge < -0.3 is 16.0 Å². The number of hydrogen-bond acceptors (Lipinski definition) is 5. The van der Waals surface area contributed by atoms with Crippen LogP contribution in [0.25, 0.3) is 0 Å². The minimum absolute atomic E-state index is 0.123. The first-order chi connectivity index (χ1) is 8.17. The third-order valence-electron chi connectivity index (χ3n) is 2.07. The van der Waals surface area contributed by atoms with Crippen LogP contribution < -0.4 is 16.0 Å². The van der Waals surface area contributed by atoms with Gasteiger partial charge in [0.1, 0.15) is 5.82 Å². The summed E-state index contributed by atoms with van der Waals surface area (Å²) in [7, 11) is 3.26. The third kappa shape index (κ3) is 4.06. The summed E-state index contributed by atoms with van der Waals surface area (Å²) in [6, 6.07) is 3.22. The molecule has 0 unspecified atom stereocenters. The number of carbonyl (C=O) groups is 2. The maximum atomic E-state index is 11.5. The fourth-order valence-corrected chi connectivity index (χ4v) is 1.09. The SMILES string of the molecule is CNC(=O)CCNC(=O)c1ccc(NC)nn1. The zero-order valence-corrected chi connectivity index (χ0v) is 9.78. The Morgan fingerprint density at radius 2 is 2.00 bits per heavy atom. The number of carbonyl (C=O) groups excluding carboxylic acids is 2. The first-order valence-corrected chi connectivity index (χ1v) is 5.17. The predicted molar refractivity (Wildman–Crippen MR) is 62.6 cm³/mol. The van der Waals surface area contributed by atoms with E-state index >= 15 is 0 Å². The van der Waals surface area contributed by atoms with Gasteiger partial charge in [-0.3, -0.25) is 9.59 Å². The van der Waals surface area contributed by atoms with Gasteiger partial charge in [0.25, 0.3) is 5.91 Å². The monoisotopic (exact) mass is 237 g/mol. The Hall–Kier alpha value is -2.18. The number of nitrogens with zero attached hydrogens (tertiary/aromatic N) is 2. The molecule has 92 valence electrons. The average molecular weight is 237 g/mol. The molecule has 2 amide bonds. The Morgan fingerprint density at radius 3 is 2.53 bits per heavy atom. The second kappa shape index (κ2) is 6.41. The standard InChI is InChI=1S/C10H15N5O2/c1-11-8-4-3-7(14-15-8)10(17)13-6-5-9(16)12-2/h3-4H,5-6H2,1-2H3,(H,11,15)(H,12,16)(H,13,17). The lowest BCUT2D eigenvalue weighted by atomic mass is 10.3. The quantitative estimate of drug-likeness (QED) is 0.634. The topological polar surface area (TPSA) is 96.0 Å². The number of amides is 2. The van der Waals surface area contributed by atoms with Gasteiger partial charge in [-0.1, -0.05) is 0 Å². The number of rotatable bonds is 5. The highest BCUT2D eigenvalue weighted by molar-refractivity contribution is 5.92. The minimum atomic E-state index is -0.343. The van der Waals surface area contributed by atoms with Crippen molar-refractivity contribution < 1.29 is 9.59 Å². The molecule has 0 aliphatic heterocycles. The van der Waals surface area contributed by atoms with Crippen molar-refractivity contribution in [2.45, 2.75) is 6.42 Å². The minimum Gasteiger partial charge on any atom is -0.372 e. The van der Waals surface area contributed by atoms with Crippen molar-refractivity contribution in [3.63, 3.8) is 0 Å². The number of anilines is 1. The zero-order chi connectivity index (χ0) is 12.7. The molecule has 1 rings (SSSR count). The molecule has 1 aromatic rings. The maximum Gasteiger partial charge on any atom is 0.271 e. The van der Waals surface area contributed by atoms with E-state index in [1.807, 2.05) is 0 Å². The van der Waals surface area contributed by atoms with Gasteiger partial charge in [0.15, 0.2) is 5.69 Å². The average Bonchev–Trinajstić information content (AvgIpc) is 2.38. The molecule has 7 heteroatoms. The molecule has 0 fully saturated rings. The van der Waals surface area contributed by atoms with Crippen LogP contribution in [0.15, 0.2) is 12.1 Å². The van der Waals surface area contributed by atoms with Crippen molar-refractivity contribution in [3.8, 4) is 0 Å². The van der Waals surface area contributed by atoms with E-state index in [9.17, 15) is 9.59 Å². The van der Waals surface area contributed by atoms with Crippen LogP contribution >= 0.6 is 0 Å². The van der Waals surface area contributed by atoms with Gasteiger partial charge in [-0.15, -0.1) is 10.2 Å². The van der Waals surface area contributed by atoms with Crippen molar-refractivity contribution >= 4 is 17.6 Å². The van der Waals surface area contributed by atoms with E-state index < -0.39 is 0 Å². The van der Waals surface area contributed by atoms with Crippen molar-refractivity contribution in [1.82, 2.24) is 20.8 Å². The summed E-state index contributed by atoms with van der Waals surface area (Å²) in [5, 5.41) is 15.4. The Kier molecular flexibility index (Phi) is 4.86. The van der Waals surface area contributed by atoms with Crippen molar-refractivity contribution in [2.75, 3.05) is 26.0 Å². The van der Waals surface area contributed by atoms with E-state index in [0.717, 1.165) is 0 Å².